The van der Waals surface area contributed by atoms with Crippen LogP contribution in [0.2, 0.25) is 0 Å². The fourth-order valence-corrected chi connectivity index (χ4v) is 4.21. The molecule has 1 fully saturated rings. The summed E-state index contributed by atoms with van der Waals surface area (Å²) in [6.45, 7) is 5.24. The van der Waals surface area contributed by atoms with Crippen LogP contribution in [0.1, 0.15) is 15.9 Å². The predicted molar refractivity (Wildman–Crippen MR) is 106 cm³/mol. The van der Waals surface area contributed by atoms with Crippen molar-refractivity contribution in [3.8, 4) is 0 Å². The largest absolute Gasteiger partial charge is 0.366 e. The lowest BCUT2D eigenvalue weighted by Crippen LogP contribution is -2.50. The Morgan fingerprint density at radius 2 is 1.85 bits per heavy atom. The number of anilines is 1. The zero-order valence-corrected chi connectivity index (χ0v) is 15.5. The zero-order valence-electron chi connectivity index (χ0n) is 15.5. The first-order chi connectivity index (χ1) is 13.2. The van der Waals surface area contributed by atoms with Gasteiger partial charge in [-0.05, 0) is 22.4 Å². The predicted octanol–water partition coefficient (Wildman–Crippen LogP) is 2.31. The van der Waals surface area contributed by atoms with E-state index in [0.29, 0.717) is 13.2 Å². The molecule has 0 unspecified atom stereocenters. The maximum atomic E-state index is 12.9. The number of fused-ring (bicyclic) bond motifs is 3. The van der Waals surface area contributed by atoms with E-state index in [2.05, 4.69) is 39.3 Å². The van der Waals surface area contributed by atoms with Gasteiger partial charge in [0.05, 0.1) is 18.6 Å². The van der Waals surface area contributed by atoms with E-state index in [0.717, 1.165) is 31.7 Å². The van der Waals surface area contributed by atoms with Crippen molar-refractivity contribution in [1.29, 1.82) is 0 Å². The van der Waals surface area contributed by atoms with Crippen LogP contribution in [0.5, 0.6) is 0 Å². The summed E-state index contributed by atoms with van der Waals surface area (Å²) in [5.74, 6) is 0.158. The fourth-order valence-electron chi connectivity index (χ4n) is 4.21. The van der Waals surface area contributed by atoms with Gasteiger partial charge in [-0.2, -0.15) is 5.10 Å². The van der Waals surface area contributed by atoms with Crippen molar-refractivity contribution >= 4 is 22.4 Å². The summed E-state index contributed by atoms with van der Waals surface area (Å²) >= 11 is 0. The molecular weight excluding hydrogens is 338 g/mol. The van der Waals surface area contributed by atoms with Gasteiger partial charge in [-0.15, -0.1) is 0 Å². The Bertz CT molecular complexity index is 1000. The SMILES string of the molecule is Cn1cc(N2CCN(CN3Cc4c(ccc5ccccc45)C3=O)CC2)cn1. The zero-order chi connectivity index (χ0) is 18.4. The normalized spacial score (nSPS) is 17.7. The van der Waals surface area contributed by atoms with Crippen LogP contribution < -0.4 is 4.90 Å². The first-order valence-electron chi connectivity index (χ1n) is 9.45. The molecule has 2 aliphatic heterocycles. The molecule has 3 heterocycles. The molecule has 27 heavy (non-hydrogen) atoms. The molecule has 0 saturated carbocycles. The molecule has 6 heteroatoms. The number of aryl methyl sites for hydroxylation is 1. The molecule has 0 bridgehead atoms. The summed E-state index contributed by atoms with van der Waals surface area (Å²) < 4.78 is 1.84. The van der Waals surface area contributed by atoms with E-state index in [1.165, 1.54) is 22.0 Å². The van der Waals surface area contributed by atoms with Crippen LogP contribution in [0.4, 0.5) is 5.69 Å². The third-order valence-corrected chi connectivity index (χ3v) is 5.71. The van der Waals surface area contributed by atoms with Crippen molar-refractivity contribution in [2.45, 2.75) is 6.54 Å². The Kier molecular flexibility index (Phi) is 3.86. The van der Waals surface area contributed by atoms with E-state index in [9.17, 15) is 4.79 Å². The van der Waals surface area contributed by atoms with Gasteiger partial charge in [0.15, 0.2) is 0 Å². The van der Waals surface area contributed by atoms with Crippen LogP contribution in [-0.2, 0) is 13.6 Å². The molecule has 6 nitrogen and oxygen atoms in total. The Morgan fingerprint density at radius 3 is 2.63 bits per heavy atom. The standard InChI is InChI=1S/C21H23N5O/c1-23-13-17(12-22-23)25-10-8-24(9-11-25)15-26-14-20-18-5-3-2-4-16(18)6-7-19(20)21(26)27/h2-7,12-13H,8-11,14-15H2,1H3. The van der Waals surface area contributed by atoms with Gasteiger partial charge >= 0.3 is 0 Å². The van der Waals surface area contributed by atoms with Gasteiger partial charge in [0.1, 0.15) is 0 Å². The summed E-state index contributed by atoms with van der Waals surface area (Å²) in [6, 6.07) is 12.4. The molecule has 0 aliphatic carbocycles. The molecule has 1 saturated heterocycles. The van der Waals surface area contributed by atoms with Crippen LogP contribution >= 0.6 is 0 Å². The van der Waals surface area contributed by atoms with Crippen molar-refractivity contribution in [2.75, 3.05) is 37.7 Å². The van der Waals surface area contributed by atoms with Crippen LogP contribution in [0, 0.1) is 0 Å². The minimum Gasteiger partial charge on any atom is -0.366 e. The second kappa shape index (κ2) is 6.39. The van der Waals surface area contributed by atoms with Gasteiger partial charge in [0.2, 0.25) is 0 Å². The summed E-state index contributed by atoms with van der Waals surface area (Å²) in [5, 5.41) is 6.67. The number of hydrogen-bond acceptors (Lipinski definition) is 4. The summed E-state index contributed by atoms with van der Waals surface area (Å²) in [4.78, 5) is 19.6. The number of aromatic nitrogens is 2. The molecule has 5 rings (SSSR count). The third-order valence-electron chi connectivity index (χ3n) is 5.71. The molecule has 3 aromatic rings. The number of rotatable bonds is 3. The Hall–Kier alpha value is -2.86. The highest BCUT2D eigenvalue weighted by Crippen LogP contribution is 2.30. The number of carbonyl (C=O) groups excluding carboxylic acids is 1. The molecule has 0 atom stereocenters. The summed E-state index contributed by atoms with van der Waals surface area (Å²) in [6.07, 6.45) is 3.98. The highest BCUT2D eigenvalue weighted by Gasteiger charge is 2.30. The van der Waals surface area contributed by atoms with E-state index in [1.807, 2.05) is 41.0 Å². The van der Waals surface area contributed by atoms with Crippen LogP contribution in [0.3, 0.4) is 0 Å². The van der Waals surface area contributed by atoms with Crippen molar-refractivity contribution in [1.82, 2.24) is 19.6 Å². The lowest BCUT2D eigenvalue weighted by atomic mass is 10.0. The van der Waals surface area contributed by atoms with Crippen molar-refractivity contribution in [2.24, 2.45) is 7.05 Å². The second-order valence-corrected chi connectivity index (χ2v) is 7.43. The van der Waals surface area contributed by atoms with Gasteiger partial charge in [0.25, 0.3) is 5.91 Å². The van der Waals surface area contributed by atoms with Gasteiger partial charge in [-0.25, -0.2) is 0 Å². The highest BCUT2D eigenvalue weighted by molar-refractivity contribution is 6.04. The third kappa shape index (κ3) is 2.86. The molecule has 0 spiro atoms. The molecule has 0 radical (unpaired) electrons. The minimum atomic E-state index is 0.158. The number of benzene rings is 2. The Morgan fingerprint density at radius 1 is 1.04 bits per heavy atom. The minimum absolute atomic E-state index is 0.158. The van der Waals surface area contributed by atoms with E-state index < -0.39 is 0 Å². The maximum absolute atomic E-state index is 12.9. The first-order valence-corrected chi connectivity index (χ1v) is 9.45. The molecule has 0 N–H and O–H groups in total. The van der Waals surface area contributed by atoms with Crippen LogP contribution in [0.25, 0.3) is 10.8 Å². The molecule has 2 aliphatic rings. The van der Waals surface area contributed by atoms with Crippen molar-refractivity contribution < 1.29 is 4.79 Å². The average molecular weight is 361 g/mol. The Balaban J connectivity index is 1.27. The number of carbonyl (C=O) groups is 1. The first kappa shape index (κ1) is 16.3. The van der Waals surface area contributed by atoms with Crippen LogP contribution in [0.15, 0.2) is 48.8 Å². The fraction of sp³-hybridized carbons (Fsp3) is 0.333. The smallest absolute Gasteiger partial charge is 0.255 e. The van der Waals surface area contributed by atoms with E-state index in [1.54, 1.807) is 0 Å². The number of hydrogen-bond donors (Lipinski definition) is 0. The molecule has 1 aromatic heterocycles. The van der Waals surface area contributed by atoms with Gasteiger partial charge in [0, 0.05) is 51.5 Å². The van der Waals surface area contributed by atoms with Gasteiger partial charge < -0.3 is 9.80 Å². The molecule has 2 aromatic carbocycles. The summed E-state index contributed by atoms with van der Waals surface area (Å²) in [7, 11) is 1.94. The molecule has 138 valence electrons. The highest BCUT2D eigenvalue weighted by atomic mass is 16.2. The lowest BCUT2D eigenvalue weighted by Gasteiger charge is -2.37. The number of nitrogens with zero attached hydrogens (tertiary/aromatic N) is 5. The number of piperazine rings is 1. The molecule has 1 amide bonds. The van der Waals surface area contributed by atoms with E-state index in [-0.39, 0.29) is 5.91 Å². The Labute approximate surface area is 158 Å². The maximum Gasteiger partial charge on any atom is 0.255 e. The quantitative estimate of drug-likeness (QED) is 0.718. The van der Waals surface area contributed by atoms with E-state index in [4.69, 9.17) is 0 Å². The average Bonchev–Trinajstić information content (AvgIpc) is 3.26. The van der Waals surface area contributed by atoms with Crippen LogP contribution in [-0.4, -0.2) is 58.3 Å². The topological polar surface area (TPSA) is 44.6 Å². The van der Waals surface area contributed by atoms with Gasteiger partial charge in [-0.3, -0.25) is 14.4 Å². The van der Waals surface area contributed by atoms with Crippen molar-refractivity contribution in [3.63, 3.8) is 0 Å². The van der Waals surface area contributed by atoms with Gasteiger partial charge in [-0.1, -0.05) is 30.3 Å². The molecular formula is C21H23N5O. The lowest BCUT2D eigenvalue weighted by molar-refractivity contribution is 0.0639. The monoisotopic (exact) mass is 361 g/mol. The van der Waals surface area contributed by atoms with E-state index >= 15 is 0 Å². The number of amides is 1. The second-order valence-electron chi connectivity index (χ2n) is 7.43. The summed E-state index contributed by atoms with van der Waals surface area (Å²) in [5.41, 5.74) is 3.21. The van der Waals surface area contributed by atoms with Crippen molar-refractivity contribution in [3.05, 3.63) is 59.9 Å².